The summed E-state index contributed by atoms with van der Waals surface area (Å²) in [6.45, 7) is 1.74. The van der Waals surface area contributed by atoms with Crippen LogP contribution in [0.1, 0.15) is 48.2 Å². The van der Waals surface area contributed by atoms with Gasteiger partial charge < -0.3 is 14.8 Å². The van der Waals surface area contributed by atoms with E-state index in [2.05, 4.69) is 5.32 Å². The van der Waals surface area contributed by atoms with Gasteiger partial charge in [0.05, 0.1) is 5.56 Å². The van der Waals surface area contributed by atoms with Gasteiger partial charge in [-0.25, -0.2) is 4.79 Å². The molecule has 1 aliphatic carbocycles. The second-order valence-corrected chi connectivity index (χ2v) is 5.13. The summed E-state index contributed by atoms with van der Waals surface area (Å²) in [5, 5.41) is 11.9. The zero-order chi connectivity index (χ0) is 13.8. The van der Waals surface area contributed by atoms with Crippen molar-refractivity contribution in [2.75, 3.05) is 0 Å². The van der Waals surface area contributed by atoms with Gasteiger partial charge in [0.25, 0.3) is 5.91 Å². The van der Waals surface area contributed by atoms with Crippen molar-refractivity contribution in [2.24, 2.45) is 5.92 Å². The lowest BCUT2D eigenvalue weighted by atomic mass is 9.84. The topological polar surface area (TPSA) is 79.5 Å². The van der Waals surface area contributed by atoms with E-state index in [0.717, 1.165) is 32.1 Å². The standard InChI is InChI=1S/C14H19NO4/c1-9-7-11(8-19-9)13(16)15-12(14(17)18)10-5-3-2-4-6-10/h7-8,10,12H,2-6H2,1H3,(H,15,16)(H,17,18). The Kier molecular flexibility index (Phi) is 4.24. The van der Waals surface area contributed by atoms with Crippen molar-refractivity contribution in [1.82, 2.24) is 5.32 Å². The number of amides is 1. The van der Waals surface area contributed by atoms with Gasteiger partial charge in [-0.05, 0) is 31.7 Å². The first-order valence-electron chi connectivity index (χ1n) is 6.66. The Labute approximate surface area is 112 Å². The fourth-order valence-corrected chi connectivity index (χ4v) is 2.64. The molecule has 104 valence electrons. The molecule has 19 heavy (non-hydrogen) atoms. The summed E-state index contributed by atoms with van der Waals surface area (Å²) in [4.78, 5) is 23.3. The van der Waals surface area contributed by atoms with Gasteiger partial charge in [0, 0.05) is 0 Å². The van der Waals surface area contributed by atoms with Crippen LogP contribution in [0.15, 0.2) is 16.7 Å². The zero-order valence-electron chi connectivity index (χ0n) is 11.0. The maximum absolute atomic E-state index is 12.0. The van der Waals surface area contributed by atoms with E-state index in [0.29, 0.717) is 11.3 Å². The predicted molar refractivity (Wildman–Crippen MR) is 68.9 cm³/mol. The summed E-state index contributed by atoms with van der Waals surface area (Å²) in [5.41, 5.74) is 0.375. The lowest BCUT2D eigenvalue weighted by Gasteiger charge is -2.27. The van der Waals surface area contributed by atoms with Crippen LogP contribution in [0.5, 0.6) is 0 Å². The van der Waals surface area contributed by atoms with Crippen LogP contribution in [-0.2, 0) is 4.79 Å². The minimum atomic E-state index is -0.958. The van der Waals surface area contributed by atoms with E-state index < -0.39 is 12.0 Å². The molecule has 1 atom stereocenters. The van der Waals surface area contributed by atoms with Gasteiger partial charge >= 0.3 is 5.97 Å². The predicted octanol–water partition coefficient (Wildman–Crippen LogP) is 2.35. The van der Waals surface area contributed by atoms with Crippen LogP contribution in [0, 0.1) is 12.8 Å². The Morgan fingerprint density at radius 1 is 1.37 bits per heavy atom. The fraction of sp³-hybridized carbons (Fsp3) is 0.571. The zero-order valence-corrected chi connectivity index (χ0v) is 11.0. The summed E-state index contributed by atoms with van der Waals surface area (Å²) in [7, 11) is 0. The van der Waals surface area contributed by atoms with Gasteiger partial charge in [-0.15, -0.1) is 0 Å². The molecule has 0 aromatic carbocycles. The van der Waals surface area contributed by atoms with Crippen LogP contribution in [-0.4, -0.2) is 23.0 Å². The Balaban J connectivity index is 2.04. The molecular weight excluding hydrogens is 246 g/mol. The highest BCUT2D eigenvalue weighted by atomic mass is 16.4. The van der Waals surface area contributed by atoms with Crippen molar-refractivity contribution in [3.05, 3.63) is 23.7 Å². The number of rotatable bonds is 4. The number of carboxylic acids is 1. The third kappa shape index (κ3) is 3.36. The van der Waals surface area contributed by atoms with Crippen LogP contribution >= 0.6 is 0 Å². The molecule has 1 heterocycles. The average molecular weight is 265 g/mol. The van der Waals surface area contributed by atoms with Gasteiger partial charge in [0.15, 0.2) is 0 Å². The minimum absolute atomic E-state index is 0.0307. The number of hydrogen-bond donors (Lipinski definition) is 2. The minimum Gasteiger partial charge on any atom is -0.480 e. The molecule has 1 aliphatic rings. The van der Waals surface area contributed by atoms with Gasteiger partial charge in [0.2, 0.25) is 0 Å². The van der Waals surface area contributed by atoms with Crippen LogP contribution in [0.4, 0.5) is 0 Å². The smallest absolute Gasteiger partial charge is 0.326 e. The van der Waals surface area contributed by atoms with Gasteiger partial charge in [-0.2, -0.15) is 0 Å². The first-order valence-corrected chi connectivity index (χ1v) is 6.66. The quantitative estimate of drug-likeness (QED) is 0.875. The average Bonchev–Trinajstić information content (AvgIpc) is 2.83. The third-order valence-corrected chi connectivity index (χ3v) is 3.67. The Morgan fingerprint density at radius 2 is 2.05 bits per heavy atom. The first-order chi connectivity index (χ1) is 9.08. The summed E-state index contributed by atoms with van der Waals surface area (Å²) in [6.07, 6.45) is 6.30. The first kappa shape index (κ1) is 13.6. The molecule has 0 aliphatic heterocycles. The van der Waals surface area contributed by atoms with E-state index in [1.54, 1.807) is 13.0 Å². The summed E-state index contributed by atoms with van der Waals surface area (Å²) < 4.78 is 5.06. The summed E-state index contributed by atoms with van der Waals surface area (Å²) >= 11 is 0. The molecule has 5 heteroatoms. The van der Waals surface area contributed by atoms with E-state index in [9.17, 15) is 14.7 Å². The highest BCUT2D eigenvalue weighted by Gasteiger charge is 2.31. The van der Waals surface area contributed by atoms with E-state index in [1.165, 1.54) is 6.26 Å². The largest absolute Gasteiger partial charge is 0.480 e. The van der Waals surface area contributed by atoms with Crippen molar-refractivity contribution in [3.63, 3.8) is 0 Å². The normalized spacial score (nSPS) is 17.9. The molecule has 2 rings (SSSR count). The van der Waals surface area contributed by atoms with Gasteiger partial charge in [0.1, 0.15) is 18.1 Å². The third-order valence-electron chi connectivity index (χ3n) is 3.67. The molecule has 1 saturated carbocycles. The number of nitrogens with one attached hydrogen (secondary N) is 1. The molecule has 5 nitrogen and oxygen atoms in total. The molecule has 1 amide bonds. The number of furan rings is 1. The monoisotopic (exact) mass is 265 g/mol. The molecule has 1 unspecified atom stereocenters. The number of carbonyl (C=O) groups excluding carboxylic acids is 1. The Morgan fingerprint density at radius 3 is 2.58 bits per heavy atom. The molecule has 1 aromatic heterocycles. The molecule has 0 spiro atoms. The molecule has 0 radical (unpaired) electrons. The van der Waals surface area contributed by atoms with E-state index in [-0.39, 0.29) is 11.8 Å². The summed E-state index contributed by atoms with van der Waals surface area (Å²) in [5.74, 6) is -0.673. The van der Waals surface area contributed by atoms with E-state index in [4.69, 9.17) is 4.42 Å². The van der Waals surface area contributed by atoms with Crippen molar-refractivity contribution < 1.29 is 19.1 Å². The number of hydrogen-bond acceptors (Lipinski definition) is 3. The lowest BCUT2D eigenvalue weighted by molar-refractivity contribution is -0.141. The maximum atomic E-state index is 12.0. The molecule has 2 N–H and O–H groups in total. The van der Waals surface area contributed by atoms with Crippen LogP contribution in [0.3, 0.4) is 0 Å². The number of aryl methyl sites for hydroxylation is 1. The Hall–Kier alpha value is -1.78. The second kappa shape index (κ2) is 5.91. The molecule has 0 bridgehead atoms. The molecule has 0 saturated heterocycles. The SMILES string of the molecule is Cc1cc(C(=O)NC(C(=O)O)C2CCCCC2)co1. The van der Waals surface area contributed by atoms with Crippen molar-refractivity contribution >= 4 is 11.9 Å². The maximum Gasteiger partial charge on any atom is 0.326 e. The fourth-order valence-electron chi connectivity index (χ4n) is 2.64. The number of aliphatic carboxylic acids is 1. The van der Waals surface area contributed by atoms with Crippen LogP contribution in [0.25, 0.3) is 0 Å². The highest BCUT2D eigenvalue weighted by Crippen LogP contribution is 2.26. The number of carboxylic acid groups (broad SMARTS) is 1. The van der Waals surface area contributed by atoms with Crippen LogP contribution < -0.4 is 5.32 Å². The van der Waals surface area contributed by atoms with Crippen molar-refractivity contribution in [3.8, 4) is 0 Å². The van der Waals surface area contributed by atoms with Crippen molar-refractivity contribution in [1.29, 1.82) is 0 Å². The molecular formula is C14H19NO4. The second-order valence-electron chi connectivity index (χ2n) is 5.13. The highest BCUT2D eigenvalue weighted by molar-refractivity contribution is 5.96. The van der Waals surface area contributed by atoms with Crippen LogP contribution in [0.2, 0.25) is 0 Å². The van der Waals surface area contributed by atoms with Gasteiger partial charge in [-0.3, -0.25) is 4.79 Å². The lowest BCUT2D eigenvalue weighted by Crippen LogP contribution is -2.46. The summed E-state index contributed by atoms with van der Waals surface area (Å²) in [6, 6.07) is 0.803. The van der Waals surface area contributed by atoms with Crippen molar-refractivity contribution in [2.45, 2.75) is 45.1 Å². The van der Waals surface area contributed by atoms with Gasteiger partial charge in [-0.1, -0.05) is 19.3 Å². The molecule has 1 aromatic rings. The van der Waals surface area contributed by atoms with E-state index in [1.807, 2.05) is 0 Å². The number of carbonyl (C=O) groups is 2. The molecule has 1 fully saturated rings. The van der Waals surface area contributed by atoms with E-state index >= 15 is 0 Å². The Bertz CT molecular complexity index is 460.